The monoisotopic (exact) mass is 361 g/mol. The van der Waals surface area contributed by atoms with E-state index in [2.05, 4.69) is 4.98 Å². The molecule has 3 rings (SSSR count). The Hall–Kier alpha value is -2.86. The first-order chi connectivity index (χ1) is 11.9. The van der Waals surface area contributed by atoms with Gasteiger partial charge in [-0.15, -0.1) is 0 Å². The Morgan fingerprint density at radius 3 is 2.64 bits per heavy atom. The van der Waals surface area contributed by atoms with Crippen molar-refractivity contribution >= 4 is 28.3 Å². The van der Waals surface area contributed by atoms with Gasteiger partial charge in [0.15, 0.2) is 6.10 Å². The first-order valence-corrected chi connectivity index (χ1v) is 7.75. The molecule has 0 amide bonds. The fourth-order valence-electron chi connectivity index (χ4n) is 2.50. The lowest BCUT2D eigenvalue weighted by Gasteiger charge is -2.12. The summed E-state index contributed by atoms with van der Waals surface area (Å²) in [5.74, 6) is -1.31. The molecule has 1 heterocycles. The molecule has 0 aliphatic heterocycles. The average Bonchev–Trinajstić information content (AvgIpc) is 2.56. The molecule has 1 aromatic heterocycles. The molecule has 0 saturated carbocycles. The number of aromatic amines is 1. The Balaban J connectivity index is 2.15. The van der Waals surface area contributed by atoms with Crippen LogP contribution >= 0.6 is 11.6 Å². The molecule has 0 radical (unpaired) electrons. The lowest BCUT2D eigenvalue weighted by Crippen LogP contribution is -2.22. The van der Waals surface area contributed by atoms with Crippen LogP contribution in [0.15, 0.2) is 47.4 Å². The van der Waals surface area contributed by atoms with Crippen LogP contribution in [0.25, 0.3) is 21.9 Å². The fourth-order valence-corrected chi connectivity index (χ4v) is 2.77. The average molecular weight is 362 g/mol. The predicted octanol–water partition coefficient (Wildman–Crippen LogP) is 3.84. The minimum absolute atomic E-state index is 0.216. The maximum absolute atomic E-state index is 13.3. The second kappa shape index (κ2) is 6.57. The van der Waals surface area contributed by atoms with E-state index in [-0.39, 0.29) is 16.3 Å². The van der Waals surface area contributed by atoms with Crippen LogP contribution in [-0.2, 0) is 4.79 Å². The van der Waals surface area contributed by atoms with Gasteiger partial charge in [-0.2, -0.15) is 0 Å². The number of pyridine rings is 1. The summed E-state index contributed by atoms with van der Waals surface area (Å²) in [5, 5.41) is 10.0. The van der Waals surface area contributed by atoms with Crippen LogP contribution in [0.5, 0.6) is 5.75 Å². The van der Waals surface area contributed by atoms with Crippen LogP contribution < -0.4 is 10.3 Å². The van der Waals surface area contributed by atoms with E-state index in [0.717, 1.165) is 0 Å². The van der Waals surface area contributed by atoms with E-state index in [1.54, 1.807) is 12.1 Å². The Morgan fingerprint density at radius 2 is 1.96 bits per heavy atom. The molecule has 2 aromatic carbocycles. The Morgan fingerprint density at radius 1 is 1.20 bits per heavy atom. The van der Waals surface area contributed by atoms with Gasteiger partial charge in [-0.05, 0) is 48.7 Å². The molecule has 128 valence electrons. The van der Waals surface area contributed by atoms with Gasteiger partial charge in [0, 0.05) is 17.3 Å². The summed E-state index contributed by atoms with van der Waals surface area (Å²) < 4.78 is 18.6. The lowest BCUT2D eigenvalue weighted by atomic mass is 10.0. The van der Waals surface area contributed by atoms with Crippen molar-refractivity contribution in [1.29, 1.82) is 0 Å². The topological polar surface area (TPSA) is 79.4 Å². The molecular formula is C18H13ClFNO4. The number of fused-ring (bicyclic) bond motifs is 1. The molecule has 7 heteroatoms. The molecule has 0 saturated heterocycles. The van der Waals surface area contributed by atoms with Crippen LogP contribution in [0.1, 0.15) is 6.92 Å². The van der Waals surface area contributed by atoms with Gasteiger partial charge in [-0.25, -0.2) is 9.18 Å². The lowest BCUT2D eigenvalue weighted by molar-refractivity contribution is -0.144. The van der Waals surface area contributed by atoms with E-state index in [1.165, 1.54) is 37.4 Å². The van der Waals surface area contributed by atoms with Crippen molar-refractivity contribution in [3.8, 4) is 16.9 Å². The first-order valence-electron chi connectivity index (χ1n) is 7.37. The zero-order chi connectivity index (χ0) is 18.1. The van der Waals surface area contributed by atoms with Gasteiger partial charge in [-0.3, -0.25) is 4.79 Å². The highest BCUT2D eigenvalue weighted by molar-refractivity contribution is 6.33. The quantitative estimate of drug-likeness (QED) is 0.740. The van der Waals surface area contributed by atoms with Crippen LogP contribution in [0, 0.1) is 5.82 Å². The second-order valence-electron chi connectivity index (χ2n) is 5.46. The summed E-state index contributed by atoms with van der Waals surface area (Å²) in [6.07, 6.45) is 0.454. The molecule has 5 nitrogen and oxygen atoms in total. The molecule has 25 heavy (non-hydrogen) atoms. The Kier molecular flexibility index (Phi) is 4.46. The number of hydrogen-bond donors (Lipinski definition) is 2. The van der Waals surface area contributed by atoms with Gasteiger partial charge in [0.2, 0.25) is 0 Å². The summed E-state index contributed by atoms with van der Waals surface area (Å²) in [7, 11) is 0. The Labute approximate surface area is 146 Å². The zero-order valence-corrected chi connectivity index (χ0v) is 13.8. The van der Waals surface area contributed by atoms with Crippen molar-refractivity contribution in [2.45, 2.75) is 13.0 Å². The predicted molar refractivity (Wildman–Crippen MR) is 92.7 cm³/mol. The largest absolute Gasteiger partial charge is 0.479 e. The number of aliphatic carboxylic acids is 1. The number of hydrogen-bond acceptors (Lipinski definition) is 3. The molecule has 3 aromatic rings. The number of H-pyrrole nitrogens is 1. The molecular weight excluding hydrogens is 349 g/mol. The number of aromatic nitrogens is 1. The highest BCUT2D eigenvalue weighted by atomic mass is 35.5. The van der Waals surface area contributed by atoms with Crippen LogP contribution in [0.4, 0.5) is 4.39 Å². The van der Waals surface area contributed by atoms with E-state index in [9.17, 15) is 14.0 Å². The van der Waals surface area contributed by atoms with Crippen molar-refractivity contribution < 1.29 is 19.0 Å². The van der Waals surface area contributed by atoms with Gasteiger partial charge in [-0.1, -0.05) is 11.6 Å². The number of rotatable bonds is 4. The maximum atomic E-state index is 13.3. The highest BCUT2D eigenvalue weighted by Gasteiger charge is 2.15. The molecule has 2 N–H and O–H groups in total. The van der Waals surface area contributed by atoms with Gasteiger partial charge in [0.05, 0.1) is 10.4 Å². The van der Waals surface area contributed by atoms with Gasteiger partial charge in [0.1, 0.15) is 11.6 Å². The standard InChI is InChI=1S/C18H13ClFNO4/c1-9(18(23)24)25-11-3-5-12-14(7-11)17(22)21-8-15(12)13-4-2-10(20)6-16(13)19/h2-9H,1H3,(H,21,22)(H,23,24). The van der Waals surface area contributed by atoms with Crippen LogP contribution in [0.2, 0.25) is 5.02 Å². The zero-order valence-electron chi connectivity index (χ0n) is 13.0. The minimum Gasteiger partial charge on any atom is -0.479 e. The third-order valence-corrected chi connectivity index (χ3v) is 4.07. The highest BCUT2D eigenvalue weighted by Crippen LogP contribution is 2.33. The maximum Gasteiger partial charge on any atom is 0.344 e. The summed E-state index contributed by atoms with van der Waals surface area (Å²) in [6, 6.07) is 8.69. The van der Waals surface area contributed by atoms with Crippen molar-refractivity contribution in [3.63, 3.8) is 0 Å². The molecule has 0 aliphatic carbocycles. The van der Waals surface area contributed by atoms with Crippen molar-refractivity contribution in [2.75, 3.05) is 0 Å². The summed E-state index contributed by atoms with van der Waals surface area (Å²) in [4.78, 5) is 25.7. The first kappa shape index (κ1) is 17.0. The van der Waals surface area contributed by atoms with E-state index in [1.807, 2.05) is 0 Å². The van der Waals surface area contributed by atoms with E-state index < -0.39 is 17.9 Å². The third-order valence-electron chi connectivity index (χ3n) is 3.76. The fraction of sp³-hybridized carbons (Fsp3) is 0.111. The molecule has 0 spiro atoms. The van der Waals surface area contributed by atoms with E-state index in [0.29, 0.717) is 21.9 Å². The SMILES string of the molecule is CC(Oc1ccc2c(-c3ccc(F)cc3Cl)c[nH]c(=O)c2c1)C(=O)O. The van der Waals surface area contributed by atoms with Gasteiger partial charge < -0.3 is 14.8 Å². The normalized spacial score (nSPS) is 12.1. The molecule has 0 bridgehead atoms. The molecule has 0 aliphatic rings. The number of nitrogens with one attached hydrogen (secondary N) is 1. The number of carboxylic acid groups (broad SMARTS) is 1. The molecule has 1 unspecified atom stereocenters. The van der Waals surface area contributed by atoms with E-state index >= 15 is 0 Å². The number of carbonyl (C=O) groups is 1. The smallest absolute Gasteiger partial charge is 0.344 e. The summed E-state index contributed by atoms with van der Waals surface area (Å²) in [6.45, 7) is 1.39. The number of ether oxygens (including phenoxy) is 1. The molecule has 0 fully saturated rings. The van der Waals surface area contributed by atoms with Crippen LogP contribution in [-0.4, -0.2) is 22.2 Å². The van der Waals surface area contributed by atoms with Crippen molar-refractivity contribution in [1.82, 2.24) is 4.98 Å². The Bertz CT molecular complexity index is 1030. The second-order valence-corrected chi connectivity index (χ2v) is 5.87. The van der Waals surface area contributed by atoms with Crippen molar-refractivity contribution in [2.24, 2.45) is 0 Å². The third kappa shape index (κ3) is 3.34. The molecule has 1 atom stereocenters. The minimum atomic E-state index is -1.11. The summed E-state index contributed by atoms with van der Waals surface area (Å²) >= 11 is 6.12. The number of carboxylic acids is 1. The number of benzene rings is 2. The van der Waals surface area contributed by atoms with Gasteiger partial charge >= 0.3 is 5.97 Å². The van der Waals surface area contributed by atoms with Crippen molar-refractivity contribution in [3.05, 3.63) is 63.8 Å². The van der Waals surface area contributed by atoms with Gasteiger partial charge in [0.25, 0.3) is 5.56 Å². The number of halogens is 2. The summed E-state index contributed by atoms with van der Waals surface area (Å²) in [5.41, 5.74) is 0.833. The van der Waals surface area contributed by atoms with E-state index in [4.69, 9.17) is 21.4 Å². The van der Waals surface area contributed by atoms with Crippen LogP contribution in [0.3, 0.4) is 0 Å².